The van der Waals surface area contributed by atoms with Crippen LogP contribution in [-0.2, 0) is 0 Å². The van der Waals surface area contributed by atoms with E-state index in [1.165, 1.54) is 5.57 Å². The fourth-order valence-corrected chi connectivity index (χ4v) is 3.77. The van der Waals surface area contributed by atoms with Crippen molar-refractivity contribution in [3.63, 3.8) is 0 Å². The Labute approximate surface area is 192 Å². The lowest BCUT2D eigenvalue weighted by Gasteiger charge is -2.13. The van der Waals surface area contributed by atoms with Gasteiger partial charge in [0.1, 0.15) is 0 Å². The maximum absolute atomic E-state index is 5.88. The molecule has 4 heteroatoms. The summed E-state index contributed by atoms with van der Waals surface area (Å²) in [7, 11) is 0. The van der Waals surface area contributed by atoms with E-state index in [-0.39, 0.29) is 0 Å². The summed E-state index contributed by atoms with van der Waals surface area (Å²) >= 11 is 0. The molecule has 166 valence electrons. The maximum Gasteiger partial charge on any atom is 0.0912 e. The summed E-state index contributed by atoms with van der Waals surface area (Å²) in [5.41, 5.74) is 14.2. The predicted molar refractivity (Wildman–Crippen MR) is 136 cm³/mol. The summed E-state index contributed by atoms with van der Waals surface area (Å²) in [5.74, 6) is 0.580. The highest BCUT2D eigenvalue weighted by Crippen LogP contribution is 2.29. The van der Waals surface area contributed by atoms with E-state index in [4.69, 9.17) is 5.73 Å². The third-order valence-corrected chi connectivity index (χ3v) is 5.94. The molecule has 0 spiro atoms. The third-order valence-electron chi connectivity index (χ3n) is 5.94. The summed E-state index contributed by atoms with van der Waals surface area (Å²) in [6, 6.07) is 6.00. The number of aryl methyl sites for hydroxylation is 1. The molecule has 2 heterocycles. The molecule has 0 aromatic carbocycles. The molecule has 1 unspecified atom stereocenters. The van der Waals surface area contributed by atoms with E-state index in [9.17, 15) is 0 Å². The maximum atomic E-state index is 5.88. The van der Waals surface area contributed by atoms with Crippen molar-refractivity contribution in [1.29, 1.82) is 0 Å². The van der Waals surface area contributed by atoms with Gasteiger partial charge in [0, 0.05) is 11.3 Å². The number of hydrogen-bond acceptors (Lipinski definition) is 3. The van der Waals surface area contributed by atoms with E-state index in [1.807, 2.05) is 31.3 Å². The second kappa shape index (κ2) is 11.4. The minimum Gasteiger partial charge on any atom is -0.330 e. The standard InChI is InChI=1S/C28H34N4/c1-5-22(14-15-23(6-2)18-29)17-25-11-8-10-24(16-13-20(25)3)26-19-30-32-28(26)27-12-7-9-21(4)31-27/h5,7-13,16-17,19,23H,3,6,14-15,18,29H2,1-2,4H3,(H,30,32)/b11-8+,16-13-,22-5-,24-10-,25-17-. The SMILES string of the molecule is C=C1\C=C/C(c2cn[nH]c2-c2cccc(C)n2)=C/C=C/C1=C/C(=C\C)CCC(CC)CN. The van der Waals surface area contributed by atoms with Gasteiger partial charge in [-0.1, -0.05) is 74.1 Å². The number of H-pyrrole nitrogens is 1. The molecule has 0 aliphatic heterocycles. The van der Waals surface area contributed by atoms with Gasteiger partial charge in [0.25, 0.3) is 0 Å². The fraction of sp³-hybridized carbons (Fsp3) is 0.286. The smallest absolute Gasteiger partial charge is 0.0912 e. The molecule has 2 aromatic heterocycles. The molecule has 0 bridgehead atoms. The van der Waals surface area contributed by atoms with Crippen molar-refractivity contribution in [3.8, 4) is 11.4 Å². The lowest BCUT2D eigenvalue weighted by Crippen LogP contribution is -2.13. The molecule has 0 fully saturated rings. The minimum atomic E-state index is 0.580. The average Bonchev–Trinajstić information content (AvgIpc) is 3.28. The highest BCUT2D eigenvalue weighted by Gasteiger charge is 2.13. The Morgan fingerprint density at radius 3 is 2.81 bits per heavy atom. The second-order valence-electron chi connectivity index (χ2n) is 8.17. The molecule has 3 N–H and O–H groups in total. The average molecular weight is 427 g/mol. The van der Waals surface area contributed by atoms with Gasteiger partial charge in [-0.2, -0.15) is 5.10 Å². The third kappa shape index (κ3) is 5.92. The van der Waals surface area contributed by atoms with Crippen LogP contribution in [0.15, 0.2) is 90.2 Å². The number of aromatic nitrogens is 3. The van der Waals surface area contributed by atoms with Crippen molar-refractivity contribution in [2.45, 2.75) is 40.0 Å². The van der Waals surface area contributed by atoms with Crippen LogP contribution >= 0.6 is 0 Å². The monoisotopic (exact) mass is 426 g/mol. The van der Waals surface area contributed by atoms with Crippen molar-refractivity contribution >= 4 is 5.57 Å². The Morgan fingerprint density at radius 1 is 1.25 bits per heavy atom. The lowest BCUT2D eigenvalue weighted by molar-refractivity contribution is 0.482. The fourth-order valence-electron chi connectivity index (χ4n) is 3.77. The minimum absolute atomic E-state index is 0.580. The van der Waals surface area contributed by atoms with Gasteiger partial charge in [-0.05, 0) is 68.0 Å². The number of pyridine rings is 1. The molecule has 2 aromatic rings. The second-order valence-corrected chi connectivity index (χ2v) is 8.17. The molecule has 1 atom stereocenters. The number of aromatic amines is 1. The van der Waals surface area contributed by atoms with Crippen LogP contribution < -0.4 is 5.73 Å². The van der Waals surface area contributed by atoms with E-state index >= 15 is 0 Å². The molecule has 3 rings (SSSR count). The summed E-state index contributed by atoms with van der Waals surface area (Å²) in [5, 5.41) is 7.38. The van der Waals surface area contributed by atoms with Gasteiger partial charge in [-0.25, -0.2) is 0 Å². The van der Waals surface area contributed by atoms with Gasteiger partial charge in [0.05, 0.1) is 17.6 Å². The first-order chi connectivity index (χ1) is 15.5. The number of hydrogen-bond donors (Lipinski definition) is 2. The van der Waals surface area contributed by atoms with Crippen LogP contribution in [0.1, 0.15) is 44.4 Å². The first-order valence-electron chi connectivity index (χ1n) is 11.4. The highest BCUT2D eigenvalue weighted by atomic mass is 15.1. The van der Waals surface area contributed by atoms with Gasteiger partial charge in [-0.15, -0.1) is 0 Å². The number of allylic oxidation sites excluding steroid dienone is 11. The van der Waals surface area contributed by atoms with Crippen molar-refractivity contribution in [2.75, 3.05) is 6.54 Å². The van der Waals surface area contributed by atoms with Crippen molar-refractivity contribution < 1.29 is 0 Å². The van der Waals surface area contributed by atoms with E-state index in [1.54, 1.807) is 0 Å². The van der Waals surface area contributed by atoms with Crippen molar-refractivity contribution in [1.82, 2.24) is 15.2 Å². The highest BCUT2D eigenvalue weighted by molar-refractivity contribution is 5.84. The molecular formula is C28H34N4. The first-order valence-corrected chi connectivity index (χ1v) is 11.4. The van der Waals surface area contributed by atoms with Gasteiger partial charge in [0.15, 0.2) is 0 Å². The summed E-state index contributed by atoms with van der Waals surface area (Å²) < 4.78 is 0. The number of nitrogens with one attached hydrogen (secondary N) is 1. The van der Waals surface area contributed by atoms with Crippen molar-refractivity contribution in [3.05, 3.63) is 101 Å². The van der Waals surface area contributed by atoms with Crippen LogP contribution in [0, 0.1) is 12.8 Å². The molecule has 0 saturated carbocycles. The molecular weight excluding hydrogens is 392 g/mol. The van der Waals surface area contributed by atoms with Crippen LogP contribution in [-0.4, -0.2) is 21.7 Å². The topological polar surface area (TPSA) is 67.6 Å². The Morgan fingerprint density at radius 2 is 2.09 bits per heavy atom. The van der Waals surface area contributed by atoms with Gasteiger partial charge in [0.2, 0.25) is 0 Å². The van der Waals surface area contributed by atoms with E-state index in [2.05, 4.69) is 78.1 Å². The predicted octanol–water partition coefficient (Wildman–Crippen LogP) is 6.48. The van der Waals surface area contributed by atoms with E-state index in [0.29, 0.717) is 5.92 Å². The van der Waals surface area contributed by atoms with Crippen LogP contribution in [0.5, 0.6) is 0 Å². The lowest BCUT2D eigenvalue weighted by atomic mass is 9.93. The zero-order valence-electron chi connectivity index (χ0n) is 19.4. The molecule has 0 saturated heterocycles. The van der Waals surface area contributed by atoms with E-state index < -0.39 is 0 Å². The zero-order chi connectivity index (χ0) is 22.9. The molecule has 0 radical (unpaired) electrons. The van der Waals surface area contributed by atoms with Crippen LogP contribution in [0.4, 0.5) is 0 Å². The summed E-state index contributed by atoms with van der Waals surface area (Å²) in [6.45, 7) is 11.4. The van der Waals surface area contributed by atoms with Gasteiger partial charge in [-0.3, -0.25) is 10.1 Å². The quantitative estimate of drug-likeness (QED) is 0.507. The zero-order valence-corrected chi connectivity index (χ0v) is 19.4. The Kier molecular flexibility index (Phi) is 8.34. The molecule has 0 amide bonds. The Balaban J connectivity index is 1.84. The first kappa shape index (κ1) is 23.4. The van der Waals surface area contributed by atoms with Gasteiger partial charge < -0.3 is 5.73 Å². The van der Waals surface area contributed by atoms with Crippen LogP contribution in [0.2, 0.25) is 0 Å². The van der Waals surface area contributed by atoms with Crippen LogP contribution in [0.25, 0.3) is 17.0 Å². The number of rotatable bonds is 8. The van der Waals surface area contributed by atoms with Gasteiger partial charge >= 0.3 is 0 Å². The van der Waals surface area contributed by atoms with Crippen LogP contribution in [0.3, 0.4) is 0 Å². The largest absolute Gasteiger partial charge is 0.330 e. The van der Waals surface area contributed by atoms with Crippen molar-refractivity contribution in [2.24, 2.45) is 11.7 Å². The van der Waals surface area contributed by atoms with E-state index in [0.717, 1.165) is 65.2 Å². The normalized spacial score (nSPS) is 20.4. The number of nitrogens with two attached hydrogens (primary N) is 1. The molecule has 4 nitrogen and oxygen atoms in total. The molecule has 1 aliphatic rings. The summed E-state index contributed by atoms with van der Waals surface area (Å²) in [4.78, 5) is 4.64. The Bertz CT molecular complexity index is 1090. The Hall–Kier alpha value is -3.24. The molecule has 32 heavy (non-hydrogen) atoms. The molecule has 1 aliphatic carbocycles. The summed E-state index contributed by atoms with van der Waals surface area (Å²) in [6.07, 6.45) is 20.0. The number of nitrogens with zero attached hydrogens (tertiary/aromatic N) is 2.